The average Bonchev–Trinajstić information content (AvgIpc) is 3.58. The molecule has 0 radical (unpaired) electrons. The van der Waals surface area contributed by atoms with Crippen LogP contribution in [0.4, 0.5) is 0 Å². The van der Waals surface area contributed by atoms with Crippen LogP contribution >= 0.6 is 0 Å². The molecule has 0 bridgehead atoms. The first-order valence-corrected chi connectivity index (χ1v) is 14.2. The highest BCUT2D eigenvalue weighted by Gasteiger charge is 2.50. The number of benzene rings is 1. The predicted molar refractivity (Wildman–Crippen MR) is 146 cm³/mol. The van der Waals surface area contributed by atoms with E-state index in [2.05, 4.69) is 27.4 Å². The maximum Gasteiger partial charge on any atom is 0.253 e. The van der Waals surface area contributed by atoms with Gasteiger partial charge in [-0.3, -0.25) is 14.6 Å². The summed E-state index contributed by atoms with van der Waals surface area (Å²) in [6.07, 6.45) is 8.85. The molecule has 8 heteroatoms. The van der Waals surface area contributed by atoms with Gasteiger partial charge in [0.1, 0.15) is 17.7 Å². The van der Waals surface area contributed by atoms with Gasteiger partial charge in [-0.25, -0.2) is 4.98 Å². The number of pyridine rings is 1. The van der Waals surface area contributed by atoms with Crippen molar-refractivity contribution in [2.24, 2.45) is 5.41 Å². The summed E-state index contributed by atoms with van der Waals surface area (Å²) in [6.45, 7) is 10.4. The maximum atomic E-state index is 12.8. The van der Waals surface area contributed by atoms with Crippen LogP contribution in [-0.4, -0.2) is 94.9 Å². The van der Waals surface area contributed by atoms with E-state index in [4.69, 9.17) is 14.5 Å². The van der Waals surface area contributed by atoms with Gasteiger partial charge in [0.2, 0.25) is 0 Å². The molecular weight excluding hydrogens is 478 g/mol. The van der Waals surface area contributed by atoms with Crippen LogP contribution in [0, 0.1) is 5.41 Å². The molecule has 3 aromatic rings. The van der Waals surface area contributed by atoms with Crippen molar-refractivity contribution in [2.45, 2.75) is 44.9 Å². The molecule has 4 aliphatic heterocycles. The third-order valence-corrected chi connectivity index (χ3v) is 9.03. The zero-order valence-corrected chi connectivity index (χ0v) is 22.2. The molecule has 1 spiro atoms. The lowest BCUT2D eigenvalue weighted by atomic mass is 9.77. The van der Waals surface area contributed by atoms with E-state index >= 15 is 0 Å². The van der Waals surface area contributed by atoms with Gasteiger partial charge in [-0.1, -0.05) is 0 Å². The molecule has 4 saturated heterocycles. The number of likely N-dealkylation sites (tertiary alicyclic amines) is 3. The van der Waals surface area contributed by atoms with Crippen LogP contribution in [0.3, 0.4) is 0 Å². The molecule has 1 unspecified atom stereocenters. The van der Waals surface area contributed by atoms with Crippen LogP contribution in [-0.2, 0) is 4.74 Å². The van der Waals surface area contributed by atoms with Gasteiger partial charge in [0.25, 0.3) is 5.91 Å². The van der Waals surface area contributed by atoms with Gasteiger partial charge in [0.15, 0.2) is 0 Å². The summed E-state index contributed by atoms with van der Waals surface area (Å²) in [5.41, 5.74) is 2.27. The van der Waals surface area contributed by atoms with Gasteiger partial charge in [-0.05, 0) is 69.0 Å². The highest BCUT2D eigenvalue weighted by molar-refractivity contribution is 5.98. The monoisotopic (exact) mass is 515 g/mol. The number of nitrogens with zero attached hydrogens (tertiary/aromatic N) is 5. The first-order chi connectivity index (χ1) is 18.6. The Morgan fingerprint density at radius 3 is 2.50 bits per heavy atom. The summed E-state index contributed by atoms with van der Waals surface area (Å²) < 4.78 is 13.8. The summed E-state index contributed by atoms with van der Waals surface area (Å²) in [6, 6.07) is 12.1. The molecule has 8 nitrogen and oxygen atoms in total. The van der Waals surface area contributed by atoms with Gasteiger partial charge in [0.05, 0.1) is 31.1 Å². The fraction of sp³-hybridized carbons (Fsp3) is 0.533. The molecule has 1 aromatic carbocycles. The molecule has 38 heavy (non-hydrogen) atoms. The number of carbonyl (C=O) groups is 1. The van der Waals surface area contributed by atoms with E-state index in [1.54, 1.807) is 0 Å². The first-order valence-electron chi connectivity index (χ1n) is 14.2. The number of ether oxygens (including phenoxy) is 2. The highest BCUT2D eigenvalue weighted by atomic mass is 16.5. The minimum absolute atomic E-state index is 0.134. The van der Waals surface area contributed by atoms with E-state index in [1.165, 1.54) is 13.1 Å². The molecule has 0 N–H and O–H groups in total. The van der Waals surface area contributed by atoms with Gasteiger partial charge in [0, 0.05) is 61.8 Å². The Morgan fingerprint density at radius 2 is 1.82 bits per heavy atom. The number of carbonyl (C=O) groups excluding carboxylic acids is 1. The summed E-state index contributed by atoms with van der Waals surface area (Å²) in [7, 11) is 0. The van der Waals surface area contributed by atoms with Crippen molar-refractivity contribution >= 4 is 16.8 Å². The Bertz CT molecular complexity index is 1300. The van der Waals surface area contributed by atoms with E-state index in [0.29, 0.717) is 11.6 Å². The number of hydrogen-bond acceptors (Lipinski definition) is 6. The molecule has 0 saturated carbocycles. The SMILES string of the molecule is CC(N1CCC(Oc2ccc(-n3ccc4cc(C(=O)N5CCCC5)ccc43)nc2)CC1)N1CC2(COC2)C1. The second-order valence-electron chi connectivity index (χ2n) is 11.7. The minimum atomic E-state index is 0.134. The van der Waals surface area contributed by atoms with Crippen molar-refractivity contribution in [3.63, 3.8) is 0 Å². The molecule has 0 aliphatic carbocycles. The number of rotatable bonds is 6. The van der Waals surface area contributed by atoms with Crippen LogP contribution in [0.25, 0.3) is 16.7 Å². The number of fused-ring (bicyclic) bond motifs is 1. The van der Waals surface area contributed by atoms with Crippen molar-refractivity contribution in [1.82, 2.24) is 24.3 Å². The van der Waals surface area contributed by atoms with E-state index in [0.717, 1.165) is 93.1 Å². The molecular formula is C30H37N5O3. The lowest BCUT2D eigenvalue weighted by Crippen LogP contribution is -2.70. The molecule has 4 fully saturated rings. The molecule has 2 aromatic heterocycles. The van der Waals surface area contributed by atoms with E-state index < -0.39 is 0 Å². The fourth-order valence-corrected chi connectivity index (χ4v) is 6.61. The topological polar surface area (TPSA) is 63.1 Å². The van der Waals surface area contributed by atoms with Gasteiger partial charge in [-0.15, -0.1) is 0 Å². The number of aromatic nitrogens is 2. The summed E-state index contributed by atoms with van der Waals surface area (Å²) in [5.74, 6) is 1.80. The predicted octanol–water partition coefficient (Wildman–Crippen LogP) is 3.78. The van der Waals surface area contributed by atoms with Crippen molar-refractivity contribution in [3.8, 4) is 11.6 Å². The molecule has 200 valence electrons. The van der Waals surface area contributed by atoms with E-state index in [-0.39, 0.29) is 12.0 Å². The Balaban J connectivity index is 0.950. The Labute approximate surface area is 224 Å². The first kappa shape index (κ1) is 24.1. The zero-order valence-electron chi connectivity index (χ0n) is 22.2. The normalized spacial score (nSPS) is 22.9. The van der Waals surface area contributed by atoms with Gasteiger partial charge >= 0.3 is 0 Å². The van der Waals surface area contributed by atoms with Crippen molar-refractivity contribution in [2.75, 3.05) is 52.5 Å². The van der Waals surface area contributed by atoms with E-state index in [9.17, 15) is 4.79 Å². The molecule has 6 heterocycles. The molecule has 7 rings (SSSR count). The molecule has 1 atom stereocenters. The lowest BCUT2D eigenvalue weighted by molar-refractivity contribution is -0.211. The second-order valence-corrected chi connectivity index (χ2v) is 11.7. The average molecular weight is 516 g/mol. The lowest BCUT2D eigenvalue weighted by Gasteiger charge is -2.58. The van der Waals surface area contributed by atoms with Crippen LogP contribution in [0.2, 0.25) is 0 Å². The third-order valence-electron chi connectivity index (χ3n) is 9.03. The van der Waals surface area contributed by atoms with Crippen LogP contribution in [0.1, 0.15) is 43.0 Å². The van der Waals surface area contributed by atoms with Crippen LogP contribution < -0.4 is 4.74 Å². The third kappa shape index (κ3) is 4.38. The van der Waals surface area contributed by atoms with Gasteiger partial charge in [-0.2, -0.15) is 0 Å². The number of amides is 1. The quantitative estimate of drug-likeness (QED) is 0.498. The molecule has 4 aliphatic rings. The maximum absolute atomic E-state index is 12.8. The Morgan fingerprint density at radius 1 is 1.03 bits per heavy atom. The van der Waals surface area contributed by atoms with Crippen molar-refractivity contribution in [1.29, 1.82) is 0 Å². The highest BCUT2D eigenvalue weighted by Crippen LogP contribution is 2.39. The summed E-state index contributed by atoms with van der Waals surface area (Å²) in [5, 5.41) is 1.05. The largest absolute Gasteiger partial charge is 0.489 e. The standard InChI is InChI=1S/C30H37N5O3/c1-22(34-18-30(19-34)20-37-21-30)32-13-9-25(10-14-32)38-26-5-7-28(31-17-26)35-15-8-23-16-24(4-6-27(23)35)29(36)33-11-2-3-12-33/h4-8,15-17,22,25H,2-3,9-14,18-21H2,1H3. The molecule has 1 amide bonds. The van der Waals surface area contributed by atoms with Gasteiger partial charge < -0.3 is 18.9 Å². The smallest absolute Gasteiger partial charge is 0.253 e. The minimum Gasteiger partial charge on any atom is -0.489 e. The number of piperidine rings is 1. The van der Waals surface area contributed by atoms with Crippen LogP contribution in [0.5, 0.6) is 5.75 Å². The zero-order chi connectivity index (χ0) is 25.7. The fourth-order valence-electron chi connectivity index (χ4n) is 6.61. The van der Waals surface area contributed by atoms with Crippen LogP contribution in [0.15, 0.2) is 48.8 Å². The summed E-state index contributed by atoms with van der Waals surface area (Å²) >= 11 is 0. The Kier molecular flexibility index (Phi) is 6.14. The van der Waals surface area contributed by atoms with Crippen molar-refractivity contribution < 1.29 is 14.3 Å². The number of hydrogen-bond donors (Lipinski definition) is 0. The van der Waals surface area contributed by atoms with Crippen molar-refractivity contribution in [3.05, 3.63) is 54.4 Å². The Hall–Kier alpha value is -2.94. The summed E-state index contributed by atoms with van der Waals surface area (Å²) in [4.78, 5) is 24.6. The van der Waals surface area contributed by atoms with E-state index in [1.807, 2.05) is 47.6 Å². The second kappa shape index (κ2) is 9.67.